The van der Waals surface area contributed by atoms with Crippen molar-refractivity contribution in [1.82, 2.24) is 5.43 Å². The summed E-state index contributed by atoms with van der Waals surface area (Å²) in [5.41, 5.74) is 5.77. The van der Waals surface area contributed by atoms with Gasteiger partial charge in [0.15, 0.2) is 6.61 Å². The second kappa shape index (κ2) is 7.98. The largest absolute Gasteiger partial charge is 0.484 e. The van der Waals surface area contributed by atoms with Gasteiger partial charge in [0.25, 0.3) is 5.91 Å². The van der Waals surface area contributed by atoms with Crippen LogP contribution < -0.4 is 10.2 Å². The minimum absolute atomic E-state index is 0.0589. The first-order chi connectivity index (χ1) is 10.7. The Balaban J connectivity index is 1.77. The minimum atomic E-state index is -0.288. The van der Waals surface area contributed by atoms with E-state index in [2.05, 4.69) is 17.5 Å². The first-order valence-electron chi connectivity index (χ1n) is 7.27. The van der Waals surface area contributed by atoms with Crippen LogP contribution in [0.25, 0.3) is 0 Å². The van der Waals surface area contributed by atoms with E-state index in [0.717, 1.165) is 17.5 Å². The lowest BCUT2D eigenvalue weighted by Crippen LogP contribution is -2.24. The van der Waals surface area contributed by atoms with Crippen LogP contribution in [-0.4, -0.2) is 18.7 Å². The number of carbonyl (C=O) groups excluding carboxylic acids is 1. The minimum Gasteiger partial charge on any atom is -0.484 e. The molecule has 0 aliphatic heterocycles. The summed E-state index contributed by atoms with van der Waals surface area (Å²) in [7, 11) is 0. The van der Waals surface area contributed by atoms with Crippen LogP contribution in [0.4, 0.5) is 0 Å². The van der Waals surface area contributed by atoms with Gasteiger partial charge in [-0.15, -0.1) is 0 Å². The van der Waals surface area contributed by atoms with E-state index in [0.29, 0.717) is 5.75 Å². The van der Waals surface area contributed by atoms with E-state index in [1.807, 2.05) is 55.5 Å². The van der Waals surface area contributed by atoms with Crippen molar-refractivity contribution in [1.29, 1.82) is 0 Å². The van der Waals surface area contributed by atoms with E-state index in [9.17, 15) is 4.79 Å². The molecule has 2 aromatic rings. The predicted octanol–water partition coefficient (Wildman–Crippen LogP) is 3.09. The van der Waals surface area contributed by atoms with Crippen molar-refractivity contribution in [3.05, 3.63) is 65.2 Å². The molecule has 0 spiro atoms. The Hall–Kier alpha value is -2.62. The maximum absolute atomic E-state index is 11.6. The van der Waals surface area contributed by atoms with Crippen LogP contribution in [-0.2, 0) is 11.2 Å². The zero-order valence-electron chi connectivity index (χ0n) is 12.9. The lowest BCUT2D eigenvalue weighted by molar-refractivity contribution is -0.123. The number of carbonyl (C=O) groups is 1. The molecule has 0 aromatic heterocycles. The maximum Gasteiger partial charge on any atom is 0.277 e. The van der Waals surface area contributed by atoms with Crippen LogP contribution in [0.1, 0.15) is 23.6 Å². The lowest BCUT2D eigenvalue weighted by Gasteiger charge is -2.05. The summed E-state index contributed by atoms with van der Waals surface area (Å²) in [6.45, 7) is 4.04. The molecule has 4 heteroatoms. The molecular weight excluding hydrogens is 276 g/mol. The van der Waals surface area contributed by atoms with Gasteiger partial charge in [-0.2, -0.15) is 5.10 Å². The number of benzene rings is 2. The smallest absolute Gasteiger partial charge is 0.277 e. The molecule has 0 unspecified atom stereocenters. The molecular formula is C18H20N2O2. The van der Waals surface area contributed by atoms with Crippen LogP contribution in [0, 0.1) is 6.92 Å². The van der Waals surface area contributed by atoms with E-state index >= 15 is 0 Å². The van der Waals surface area contributed by atoms with E-state index in [1.54, 1.807) is 6.21 Å². The second-order valence-corrected chi connectivity index (χ2v) is 4.99. The number of aryl methyl sites for hydroxylation is 2. The van der Waals surface area contributed by atoms with Gasteiger partial charge in [-0.05, 0) is 36.6 Å². The van der Waals surface area contributed by atoms with Crippen molar-refractivity contribution in [3.63, 3.8) is 0 Å². The highest BCUT2D eigenvalue weighted by molar-refractivity contribution is 5.83. The summed E-state index contributed by atoms with van der Waals surface area (Å²) in [5, 5.41) is 3.92. The standard InChI is InChI=1S/C18H20N2O2/c1-3-15-7-9-17(10-8-15)22-13-18(21)20-19-12-16-6-4-5-14(2)11-16/h4-12H,3,13H2,1-2H3,(H,20,21)/b19-12-. The van der Waals surface area contributed by atoms with Crippen LogP contribution in [0.3, 0.4) is 0 Å². The molecule has 1 amide bonds. The number of hydrogen-bond donors (Lipinski definition) is 1. The second-order valence-electron chi connectivity index (χ2n) is 4.99. The summed E-state index contributed by atoms with van der Waals surface area (Å²) in [4.78, 5) is 11.6. The van der Waals surface area contributed by atoms with Crippen molar-refractivity contribution in [2.45, 2.75) is 20.3 Å². The summed E-state index contributed by atoms with van der Waals surface area (Å²) >= 11 is 0. The van der Waals surface area contributed by atoms with Gasteiger partial charge in [0, 0.05) is 0 Å². The zero-order valence-corrected chi connectivity index (χ0v) is 12.9. The fourth-order valence-corrected chi connectivity index (χ4v) is 1.93. The molecule has 0 fully saturated rings. The third kappa shape index (κ3) is 5.05. The molecule has 2 aromatic carbocycles. The summed E-state index contributed by atoms with van der Waals surface area (Å²) < 4.78 is 5.40. The molecule has 0 aliphatic carbocycles. The number of rotatable bonds is 6. The molecule has 1 N–H and O–H groups in total. The number of ether oxygens (including phenoxy) is 1. The average Bonchev–Trinajstić information content (AvgIpc) is 2.53. The Labute approximate surface area is 130 Å². The fraction of sp³-hybridized carbons (Fsp3) is 0.222. The SMILES string of the molecule is CCc1ccc(OCC(=O)N/N=C\c2cccc(C)c2)cc1. The summed E-state index contributed by atoms with van der Waals surface area (Å²) in [6, 6.07) is 15.6. The number of hydrogen-bond acceptors (Lipinski definition) is 3. The highest BCUT2D eigenvalue weighted by atomic mass is 16.5. The lowest BCUT2D eigenvalue weighted by atomic mass is 10.2. The first kappa shape index (κ1) is 15.8. The van der Waals surface area contributed by atoms with Gasteiger partial charge < -0.3 is 4.74 Å². The molecule has 0 bridgehead atoms. The topological polar surface area (TPSA) is 50.7 Å². The molecule has 0 aliphatic rings. The van der Waals surface area contributed by atoms with Crippen molar-refractivity contribution in [2.75, 3.05) is 6.61 Å². The fourth-order valence-electron chi connectivity index (χ4n) is 1.93. The third-order valence-corrected chi connectivity index (χ3v) is 3.15. The van der Waals surface area contributed by atoms with Gasteiger partial charge >= 0.3 is 0 Å². The highest BCUT2D eigenvalue weighted by Crippen LogP contribution is 2.12. The maximum atomic E-state index is 11.6. The molecule has 0 saturated heterocycles. The van der Waals surface area contributed by atoms with Crippen molar-refractivity contribution < 1.29 is 9.53 Å². The van der Waals surface area contributed by atoms with Gasteiger partial charge in [0.05, 0.1) is 6.21 Å². The molecule has 0 saturated carbocycles. The predicted molar refractivity (Wildman–Crippen MR) is 88.2 cm³/mol. The van der Waals surface area contributed by atoms with E-state index in [-0.39, 0.29) is 12.5 Å². The highest BCUT2D eigenvalue weighted by Gasteiger charge is 2.01. The van der Waals surface area contributed by atoms with Crippen LogP contribution in [0.5, 0.6) is 5.75 Å². The normalized spacial score (nSPS) is 10.6. The van der Waals surface area contributed by atoms with Gasteiger partial charge in [-0.3, -0.25) is 4.79 Å². The van der Waals surface area contributed by atoms with Crippen LogP contribution >= 0.6 is 0 Å². The van der Waals surface area contributed by atoms with Crippen molar-refractivity contribution in [2.24, 2.45) is 5.10 Å². The zero-order chi connectivity index (χ0) is 15.8. The Morgan fingerprint density at radius 1 is 1.23 bits per heavy atom. The van der Waals surface area contributed by atoms with E-state index in [4.69, 9.17) is 4.74 Å². The number of nitrogens with zero attached hydrogens (tertiary/aromatic N) is 1. The molecule has 114 valence electrons. The average molecular weight is 296 g/mol. The van der Waals surface area contributed by atoms with Gasteiger partial charge in [0.2, 0.25) is 0 Å². The van der Waals surface area contributed by atoms with Crippen LogP contribution in [0.15, 0.2) is 53.6 Å². The van der Waals surface area contributed by atoms with Gasteiger partial charge in [-0.1, -0.05) is 48.9 Å². The number of hydrazone groups is 1. The Morgan fingerprint density at radius 2 is 2.00 bits per heavy atom. The molecule has 0 radical (unpaired) electrons. The number of amides is 1. The van der Waals surface area contributed by atoms with Gasteiger partial charge in [-0.25, -0.2) is 5.43 Å². The number of nitrogens with one attached hydrogen (secondary N) is 1. The third-order valence-electron chi connectivity index (χ3n) is 3.15. The first-order valence-corrected chi connectivity index (χ1v) is 7.27. The quantitative estimate of drug-likeness (QED) is 0.658. The molecule has 2 rings (SSSR count). The van der Waals surface area contributed by atoms with Crippen molar-refractivity contribution in [3.8, 4) is 5.75 Å². The molecule has 0 heterocycles. The Morgan fingerprint density at radius 3 is 2.68 bits per heavy atom. The summed E-state index contributed by atoms with van der Waals surface area (Å²) in [5.74, 6) is 0.387. The van der Waals surface area contributed by atoms with Crippen molar-refractivity contribution >= 4 is 12.1 Å². The van der Waals surface area contributed by atoms with Crippen LogP contribution in [0.2, 0.25) is 0 Å². The van der Waals surface area contributed by atoms with E-state index in [1.165, 1.54) is 5.56 Å². The Kier molecular flexibility index (Phi) is 5.72. The summed E-state index contributed by atoms with van der Waals surface area (Å²) in [6.07, 6.45) is 2.59. The molecule has 4 nitrogen and oxygen atoms in total. The Bertz CT molecular complexity index is 648. The van der Waals surface area contributed by atoms with E-state index < -0.39 is 0 Å². The van der Waals surface area contributed by atoms with Gasteiger partial charge in [0.1, 0.15) is 5.75 Å². The molecule has 22 heavy (non-hydrogen) atoms. The molecule has 0 atom stereocenters. The monoisotopic (exact) mass is 296 g/mol.